The molecule has 10 N–H and O–H groups in total. The molecule has 0 saturated heterocycles. The van der Waals surface area contributed by atoms with E-state index >= 15 is 0 Å². The second-order valence-corrected chi connectivity index (χ2v) is 1.29. The van der Waals surface area contributed by atoms with Crippen LogP contribution in [0.3, 0.4) is 0 Å². The Kier molecular flexibility index (Phi) is 68.5. The summed E-state index contributed by atoms with van der Waals surface area (Å²) in [6, 6.07) is 0. The second kappa shape index (κ2) is 22.5. The maximum Gasteiger partial charge on any atom is 0.303 e. The van der Waals surface area contributed by atoms with E-state index in [0.29, 0.717) is 0 Å². The molecule has 0 bridgehead atoms. The minimum atomic E-state index is -1.08. The summed E-state index contributed by atoms with van der Waals surface area (Å²) in [6.07, 6.45) is -0.593. The molecule has 0 atom stereocenters. The molecule has 9 heteroatoms. The Morgan fingerprint density at radius 3 is 1.00 bits per heavy atom. The SMILES string of the molecule is O.O.O.O.O=C(O)CCC(=O)O.[Co]. The molecule has 8 nitrogen and oxygen atoms in total. The molecule has 0 aromatic rings. The first-order chi connectivity index (χ1) is 3.63. The van der Waals surface area contributed by atoms with Crippen LogP contribution < -0.4 is 0 Å². The molecule has 87 valence electrons. The molecule has 0 aliphatic heterocycles. The zero-order valence-electron chi connectivity index (χ0n) is 6.46. The molecule has 0 rings (SSSR count). The molecule has 0 amide bonds. The minimum Gasteiger partial charge on any atom is -0.481 e. The third-order valence-electron chi connectivity index (χ3n) is 0.553. The molecule has 0 fully saturated rings. The van der Waals surface area contributed by atoms with Gasteiger partial charge in [0.1, 0.15) is 0 Å². The number of carbonyl (C=O) groups is 2. The van der Waals surface area contributed by atoms with Crippen LogP contribution in [0.2, 0.25) is 0 Å². The van der Waals surface area contributed by atoms with Crippen molar-refractivity contribution in [1.29, 1.82) is 0 Å². The van der Waals surface area contributed by atoms with E-state index in [2.05, 4.69) is 0 Å². The number of hydrogen-bond acceptors (Lipinski definition) is 2. The van der Waals surface area contributed by atoms with Gasteiger partial charge in [0.05, 0.1) is 12.8 Å². The molecular formula is C4H14CoO8. The predicted octanol–water partition coefficient (Wildman–Crippen LogP) is -3.37. The van der Waals surface area contributed by atoms with Crippen molar-refractivity contribution in [1.82, 2.24) is 0 Å². The molecule has 0 aliphatic carbocycles. The summed E-state index contributed by atoms with van der Waals surface area (Å²) in [5, 5.41) is 15.8. The van der Waals surface area contributed by atoms with Crippen molar-refractivity contribution in [2.24, 2.45) is 0 Å². The zero-order chi connectivity index (χ0) is 6.57. The Bertz CT molecular complexity index is 101. The number of carboxylic acids is 2. The Labute approximate surface area is 84.0 Å². The summed E-state index contributed by atoms with van der Waals surface area (Å²) in [4.78, 5) is 19.3. The second-order valence-electron chi connectivity index (χ2n) is 1.29. The van der Waals surface area contributed by atoms with E-state index in [0.717, 1.165) is 0 Å². The summed E-state index contributed by atoms with van der Waals surface area (Å²) in [5.74, 6) is -2.15. The van der Waals surface area contributed by atoms with Gasteiger partial charge in [-0.15, -0.1) is 0 Å². The predicted molar refractivity (Wildman–Crippen MR) is 39.0 cm³/mol. The van der Waals surface area contributed by atoms with E-state index in [1.807, 2.05) is 0 Å². The van der Waals surface area contributed by atoms with Gasteiger partial charge in [0.25, 0.3) is 0 Å². The van der Waals surface area contributed by atoms with Gasteiger partial charge < -0.3 is 32.1 Å². The summed E-state index contributed by atoms with van der Waals surface area (Å²) < 4.78 is 0. The van der Waals surface area contributed by atoms with Crippen LogP contribution in [0.5, 0.6) is 0 Å². The number of rotatable bonds is 3. The van der Waals surface area contributed by atoms with Gasteiger partial charge in [0, 0.05) is 16.8 Å². The zero-order valence-corrected chi connectivity index (χ0v) is 7.50. The van der Waals surface area contributed by atoms with Crippen LogP contribution in [0.15, 0.2) is 0 Å². The molecule has 0 aromatic carbocycles. The molecule has 0 heterocycles. The first kappa shape index (κ1) is 39.6. The van der Waals surface area contributed by atoms with Crippen LogP contribution >= 0.6 is 0 Å². The maximum absolute atomic E-state index is 9.64. The molecule has 13 heavy (non-hydrogen) atoms. The summed E-state index contributed by atoms with van der Waals surface area (Å²) in [5.41, 5.74) is 0. The van der Waals surface area contributed by atoms with Gasteiger partial charge in [-0.2, -0.15) is 0 Å². The van der Waals surface area contributed by atoms with E-state index < -0.39 is 11.9 Å². The summed E-state index contributed by atoms with van der Waals surface area (Å²) in [7, 11) is 0. The Hall–Kier alpha value is -0.714. The first-order valence-electron chi connectivity index (χ1n) is 2.06. The summed E-state index contributed by atoms with van der Waals surface area (Å²) in [6.45, 7) is 0. The van der Waals surface area contributed by atoms with E-state index in [4.69, 9.17) is 10.2 Å². The minimum absolute atomic E-state index is 0. The smallest absolute Gasteiger partial charge is 0.303 e. The average molecular weight is 249 g/mol. The van der Waals surface area contributed by atoms with E-state index in [1.165, 1.54) is 0 Å². The fourth-order valence-corrected chi connectivity index (χ4v) is 0.214. The van der Waals surface area contributed by atoms with Crippen molar-refractivity contribution in [3.05, 3.63) is 0 Å². The van der Waals surface area contributed by atoms with Gasteiger partial charge in [-0.25, -0.2) is 0 Å². The van der Waals surface area contributed by atoms with Crippen molar-refractivity contribution in [3.63, 3.8) is 0 Å². The van der Waals surface area contributed by atoms with Gasteiger partial charge in [-0.05, 0) is 0 Å². The average Bonchev–Trinajstić information content (AvgIpc) is 1.61. The van der Waals surface area contributed by atoms with Crippen LogP contribution in [0.4, 0.5) is 0 Å². The standard InChI is InChI=1S/C4H6O4.Co.4H2O/c5-3(6)1-2-4(7)8;;;;;/h1-2H2,(H,5,6)(H,7,8);;4*1H2. The number of aliphatic carboxylic acids is 2. The molecule has 0 aliphatic rings. The molecule has 0 saturated carbocycles. The maximum atomic E-state index is 9.64. The van der Waals surface area contributed by atoms with E-state index in [1.54, 1.807) is 0 Å². The van der Waals surface area contributed by atoms with Crippen LogP contribution in [0, 0.1) is 0 Å². The van der Waals surface area contributed by atoms with Crippen LogP contribution in [0.25, 0.3) is 0 Å². The van der Waals surface area contributed by atoms with Gasteiger partial charge in [0.15, 0.2) is 0 Å². The Balaban J connectivity index is -0.0000000245. The molecular weight excluding hydrogens is 235 g/mol. The van der Waals surface area contributed by atoms with Crippen molar-refractivity contribution in [3.8, 4) is 0 Å². The third kappa shape index (κ3) is 53.0. The first-order valence-corrected chi connectivity index (χ1v) is 2.06. The van der Waals surface area contributed by atoms with Gasteiger partial charge in [-0.3, -0.25) is 9.59 Å². The van der Waals surface area contributed by atoms with Crippen LogP contribution in [-0.2, 0) is 26.4 Å². The monoisotopic (exact) mass is 249 g/mol. The van der Waals surface area contributed by atoms with Crippen molar-refractivity contribution in [2.75, 3.05) is 0 Å². The van der Waals surface area contributed by atoms with Crippen molar-refractivity contribution >= 4 is 11.9 Å². The number of hydrogen-bond donors (Lipinski definition) is 2. The Morgan fingerprint density at radius 2 is 0.923 bits per heavy atom. The van der Waals surface area contributed by atoms with Crippen LogP contribution in [-0.4, -0.2) is 44.1 Å². The van der Waals surface area contributed by atoms with Gasteiger partial charge in [0.2, 0.25) is 0 Å². The fraction of sp³-hybridized carbons (Fsp3) is 0.500. The quantitative estimate of drug-likeness (QED) is 0.525. The number of carboxylic acid groups (broad SMARTS) is 2. The Morgan fingerprint density at radius 1 is 0.769 bits per heavy atom. The van der Waals surface area contributed by atoms with E-state index in [-0.39, 0.29) is 51.5 Å². The molecule has 0 aromatic heterocycles. The van der Waals surface area contributed by atoms with Crippen LogP contribution in [0.1, 0.15) is 12.8 Å². The van der Waals surface area contributed by atoms with Crippen molar-refractivity contribution in [2.45, 2.75) is 12.8 Å². The van der Waals surface area contributed by atoms with Gasteiger partial charge in [-0.1, -0.05) is 0 Å². The van der Waals surface area contributed by atoms with Crippen molar-refractivity contribution < 1.29 is 58.5 Å². The topological polar surface area (TPSA) is 201 Å². The third-order valence-corrected chi connectivity index (χ3v) is 0.553. The summed E-state index contributed by atoms with van der Waals surface area (Å²) >= 11 is 0. The molecule has 0 spiro atoms. The largest absolute Gasteiger partial charge is 0.481 e. The molecule has 0 unspecified atom stereocenters. The molecule has 1 radical (unpaired) electrons. The normalized spacial score (nSPS) is 5.23. The van der Waals surface area contributed by atoms with E-state index in [9.17, 15) is 9.59 Å². The fourth-order valence-electron chi connectivity index (χ4n) is 0.214. The van der Waals surface area contributed by atoms with Gasteiger partial charge >= 0.3 is 11.9 Å².